The van der Waals surface area contributed by atoms with Crippen molar-refractivity contribution >= 4 is 23.4 Å². The predicted molar refractivity (Wildman–Crippen MR) is 71.2 cm³/mol. The molecule has 1 heterocycles. The minimum atomic E-state index is 0.278. The van der Waals surface area contributed by atoms with Gasteiger partial charge in [0.2, 0.25) is 0 Å². The lowest BCUT2D eigenvalue weighted by molar-refractivity contribution is 0.445. The van der Waals surface area contributed by atoms with Gasteiger partial charge in [0.25, 0.3) is 0 Å². The molecule has 1 aliphatic carbocycles. The van der Waals surface area contributed by atoms with Crippen LogP contribution in [0.2, 0.25) is 5.02 Å². The Bertz CT molecular complexity index is 366. The van der Waals surface area contributed by atoms with Crippen LogP contribution in [0.5, 0.6) is 0 Å². The number of hydrogen-bond acceptors (Lipinski definition) is 2. The third-order valence-electron chi connectivity index (χ3n) is 3.56. The van der Waals surface area contributed by atoms with Crippen LogP contribution in [0, 0.1) is 0 Å². The molecule has 2 fully saturated rings. The van der Waals surface area contributed by atoms with Crippen LogP contribution < -0.4 is 5.32 Å². The first-order valence-electron chi connectivity index (χ1n) is 5.90. The number of benzene rings is 1. The second kappa shape index (κ2) is 4.25. The van der Waals surface area contributed by atoms with Crippen LogP contribution in [0.15, 0.2) is 24.3 Å². The highest BCUT2D eigenvalue weighted by atomic mass is 35.5. The van der Waals surface area contributed by atoms with E-state index in [4.69, 9.17) is 11.6 Å². The van der Waals surface area contributed by atoms with Crippen LogP contribution in [0.3, 0.4) is 0 Å². The molecule has 2 aliphatic rings. The van der Waals surface area contributed by atoms with Gasteiger partial charge in [-0.15, -0.1) is 0 Å². The minimum Gasteiger partial charge on any atom is -0.304 e. The Hall–Kier alpha value is -0.180. The molecule has 16 heavy (non-hydrogen) atoms. The number of nitrogens with one attached hydrogen (secondary N) is 1. The van der Waals surface area contributed by atoms with Crippen molar-refractivity contribution in [2.45, 2.75) is 30.8 Å². The predicted octanol–water partition coefficient (Wildman–Crippen LogP) is 3.42. The van der Waals surface area contributed by atoms with Gasteiger partial charge in [-0.3, -0.25) is 0 Å². The molecule has 1 saturated carbocycles. The van der Waals surface area contributed by atoms with E-state index in [1.807, 2.05) is 12.1 Å². The molecule has 1 N–H and O–H groups in total. The fraction of sp³-hybridized carbons (Fsp3) is 0.538. The minimum absolute atomic E-state index is 0.278. The zero-order valence-electron chi connectivity index (χ0n) is 9.21. The number of rotatable bonds is 3. The van der Waals surface area contributed by atoms with Gasteiger partial charge in [0.1, 0.15) is 0 Å². The second-order valence-electron chi connectivity index (χ2n) is 4.79. The Kier molecular flexibility index (Phi) is 2.90. The molecule has 1 atom stereocenters. The normalized spacial score (nSPS) is 26.9. The van der Waals surface area contributed by atoms with Gasteiger partial charge in [-0.1, -0.05) is 23.7 Å². The van der Waals surface area contributed by atoms with Crippen LogP contribution >= 0.6 is 23.4 Å². The van der Waals surface area contributed by atoms with E-state index in [2.05, 4.69) is 29.2 Å². The highest BCUT2D eigenvalue weighted by Crippen LogP contribution is 2.46. The van der Waals surface area contributed by atoms with E-state index in [0.29, 0.717) is 6.04 Å². The van der Waals surface area contributed by atoms with Crippen molar-refractivity contribution in [2.75, 3.05) is 11.5 Å². The van der Waals surface area contributed by atoms with Crippen LogP contribution in [-0.4, -0.2) is 17.5 Å². The fourth-order valence-electron chi connectivity index (χ4n) is 2.45. The van der Waals surface area contributed by atoms with Crippen LogP contribution in [-0.2, 0) is 5.54 Å². The lowest BCUT2D eigenvalue weighted by Gasteiger charge is -2.22. The zero-order chi connectivity index (χ0) is 11.0. The van der Waals surface area contributed by atoms with Crippen LogP contribution in [0.25, 0.3) is 0 Å². The third-order valence-corrected chi connectivity index (χ3v) is 4.97. The van der Waals surface area contributed by atoms with Gasteiger partial charge in [-0.05, 0) is 42.7 Å². The molecule has 0 radical (unpaired) electrons. The molecule has 3 rings (SSSR count). The molecule has 0 amide bonds. The van der Waals surface area contributed by atoms with Gasteiger partial charge < -0.3 is 5.32 Å². The Morgan fingerprint density at radius 3 is 2.56 bits per heavy atom. The van der Waals surface area contributed by atoms with E-state index >= 15 is 0 Å². The average molecular weight is 254 g/mol. The number of halogens is 1. The summed E-state index contributed by atoms with van der Waals surface area (Å²) in [5, 5.41) is 4.67. The van der Waals surface area contributed by atoms with Crippen LogP contribution in [0.1, 0.15) is 24.8 Å². The number of thioether (sulfide) groups is 1. The molecule has 1 aromatic rings. The van der Waals surface area contributed by atoms with Crippen molar-refractivity contribution in [3.63, 3.8) is 0 Å². The summed E-state index contributed by atoms with van der Waals surface area (Å²) in [7, 11) is 0. The summed E-state index contributed by atoms with van der Waals surface area (Å²) in [4.78, 5) is 0. The van der Waals surface area contributed by atoms with E-state index in [9.17, 15) is 0 Å². The van der Waals surface area contributed by atoms with Gasteiger partial charge in [-0.25, -0.2) is 0 Å². The quantitative estimate of drug-likeness (QED) is 0.886. The Morgan fingerprint density at radius 1 is 1.25 bits per heavy atom. The highest BCUT2D eigenvalue weighted by Gasteiger charge is 2.45. The summed E-state index contributed by atoms with van der Waals surface area (Å²) in [5.74, 6) is 2.59. The molecule has 1 unspecified atom stereocenters. The Morgan fingerprint density at radius 2 is 2.00 bits per heavy atom. The summed E-state index contributed by atoms with van der Waals surface area (Å²) in [6.45, 7) is 0. The highest BCUT2D eigenvalue weighted by molar-refractivity contribution is 7.99. The van der Waals surface area contributed by atoms with Gasteiger partial charge in [0.15, 0.2) is 0 Å². The van der Waals surface area contributed by atoms with Gasteiger partial charge in [-0.2, -0.15) is 11.8 Å². The van der Waals surface area contributed by atoms with Gasteiger partial charge >= 0.3 is 0 Å². The van der Waals surface area contributed by atoms with E-state index < -0.39 is 0 Å². The maximum atomic E-state index is 5.93. The molecule has 1 aliphatic heterocycles. The smallest absolute Gasteiger partial charge is 0.0438 e. The molecule has 86 valence electrons. The first kappa shape index (κ1) is 10.9. The monoisotopic (exact) mass is 253 g/mol. The van der Waals surface area contributed by atoms with E-state index in [-0.39, 0.29) is 5.54 Å². The standard InChI is InChI=1S/C13H16ClNS/c14-11-3-1-10(2-4-11)13(6-7-13)15-12-5-8-16-9-12/h1-4,12,15H,5-9H2. The van der Waals surface area contributed by atoms with Gasteiger partial charge in [0, 0.05) is 22.4 Å². The van der Waals surface area contributed by atoms with E-state index in [0.717, 1.165) is 5.02 Å². The first-order chi connectivity index (χ1) is 7.78. The van der Waals surface area contributed by atoms with Crippen molar-refractivity contribution in [1.82, 2.24) is 5.32 Å². The van der Waals surface area contributed by atoms with Crippen molar-refractivity contribution in [2.24, 2.45) is 0 Å². The maximum absolute atomic E-state index is 5.93. The summed E-state index contributed by atoms with van der Waals surface area (Å²) in [6.07, 6.45) is 3.87. The van der Waals surface area contributed by atoms with Crippen molar-refractivity contribution in [1.29, 1.82) is 0 Å². The van der Waals surface area contributed by atoms with Crippen molar-refractivity contribution < 1.29 is 0 Å². The molecule has 1 saturated heterocycles. The summed E-state index contributed by atoms with van der Waals surface area (Å²) < 4.78 is 0. The zero-order valence-corrected chi connectivity index (χ0v) is 10.8. The van der Waals surface area contributed by atoms with Gasteiger partial charge in [0.05, 0.1) is 0 Å². The molecule has 0 aromatic heterocycles. The summed E-state index contributed by atoms with van der Waals surface area (Å²) in [6, 6.07) is 9.06. The largest absolute Gasteiger partial charge is 0.304 e. The first-order valence-corrected chi connectivity index (χ1v) is 7.43. The van der Waals surface area contributed by atoms with E-state index in [1.165, 1.54) is 36.3 Å². The molecule has 1 aromatic carbocycles. The maximum Gasteiger partial charge on any atom is 0.0438 e. The summed E-state index contributed by atoms with van der Waals surface area (Å²) >= 11 is 7.99. The van der Waals surface area contributed by atoms with E-state index in [1.54, 1.807) is 0 Å². The Balaban J connectivity index is 1.74. The molecular weight excluding hydrogens is 238 g/mol. The molecule has 3 heteroatoms. The lowest BCUT2D eigenvalue weighted by atomic mass is 10.0. The van der Waals surface area contributed by atoms with Crippen molar-refractivity contribution in [3.05, 3.63) is 34.9 Å². The summed E-state index contributed by atoms with van der Waals surface area (Å²) in [5.41, 5.74) is 1.69. The van der Waals surface area contributed by atoms with Crippen LogP contribution in [0.4, 0.5) is 0 Å². The second-order valence-corrected chi connectivity index (χ2v) is 6.38. The fourth-order valence-corrected chi connectivity index (χ4v) is 3.73. The number of hydrogen-bond donors (Lipinski definition) is 1. The lowest BCUT2D eigenvalue weighted by Crippen LogP contribution is -2.38. The van der Waals surface area contributed by atoms with Crippen molar-refractivity contribution in [3.8, 4) is 0 Å². The molecule has 0 spiro atoms. The Labute approximate surface area is 106 Å². The topological polar surface area (TPSA) is 12.0 Å². The SMILES string of the molecule is Clc1ccc(C2(NC3CCSC3)CC2)cc1. The average Bonchev–Trinajstić information content (AvgIpc) is 2.88. The molecular formula is C13H16ClNS. The molecule has 1 nitrogen and oxygen atoms in total. The third kappa shape index (κ3) is 2.11. The molecule has 0 bridgehead atoms.